The number of rotatable bonds is 8. The van der Waals surface area contributed by atoms with Crippen LogP contribution in [0.4, 0.5) is 0 Å². The molecule has 1 N–H and O–H groups in total. The van der Waals surface area contributed by atoms with Crippen molar-refractivity contribution in [2.24, 2.45) is 5.92 Å². The molecule has 5 nitrogen and oxygen atoms in total. The Morgan fingerprint density at radius 1 is 1.52 bits per heavy atom. The van der Waals surface area contributed by atoms with Gasteiger partial charge in [-0.2, -0.15) is 4.98 Å². The van der Waals surface area contributed by atoms with E-state index < -0.39 is 5.97 Å². The first-order valence-electron chi connectivity index (χ1n) is 6.79. The molecule has 2 heterocycles. The summed E-state index contributed by atoms with van der Waals surface area (Å²) in [6, 6.07) is 3.90. The van der Waals surface area contributed by atoms with Crippen LogP contribution in [0.2, 0.25) is 0 Å². The number of carboxylic acid groups (broad SMARTS) is 1. The van der Waals surface area contributed by atoms with E-state index in [1.165, 1.54) is 11.8 Å². The number of aliphatic carboxylic acids is 1. The fourth-order valence-electron chi connectivity index (χ4n) is 1.84. The first kappa shape index (κ1) is 16.0. The van der Waals surface area contributed by atoms with Gasteiger partial charge in [0.1, 0.15) is 5.25 Å². The van der Waals surface area contributed by atoms with Gasteiger partial charge in [-0.25, -0.2) is 0 Å². The zero-order chi connectivity index (χ0) is 15.2. The molecule has 1 atom stereocenters. The zero-order valence-electron chi connectivity index (χ0n) is 12.0. The monoisotopic (exact) mass is 326 g/mol. The fraction of sp³-hybridized carbons (Fsp3) is 0.500. The van der Waals surface area contributed by atoms with Gasteiger partial charge in [-0.15, -0.1) is 23.1 Å². The Hall–Kier alpha value is -1.34. The third-order valence-electron chi connectivity index (χ3n) is 2.89. The van der Waals surface area contributed by atoms with E-state index in [-0.39, 0.29) is 11.2 Å². The van der Waals surface area contributed by atoms with E-state index in [1.54, 1.807) is 11.3 Å². The summed E-state index contributed by atoms with van der Waals surface area (Å²) in [6.07, 6.45) is 1.50. The second-order valence-electron chi connectivity index (χ2n) is 4.97. The van der Waals surface area contributed by atoms with Crippen LogP contribution in [0.5, 0.6) is 0 Å². The number of thioether (sulfide) groups is 1. The second-order valence-corrected chi connectivity index (χ2v) is 7.16. The Labute approximate surface area is 131 Å². The van der Waals surface area contributed by atoms with Crippen molar-refractivity contribution >= 4 is 29.1 Å². The molecule has 0 aliphatic heterocycles. The quantitative estimate of drug-likeness (QED) is 0.747. The van der Waals surface area contributed by atoms with Gasteiger partial charge in [0.2, 0.25) is 11.7 Å². The number of thiophene rings is 1. The van der Waals surface area contributed by atoms with Crippen LogP contribution in [0, 0.1) is 5.92 Å². The summed E-state index contributed by atoms with van der Waals surface area (Å²) in [7, 11) is 0. The number of hydrogen-bond donors (Lipinski definition) is 1. The van der Waals surface area contributed by atoms with Gasteiger partial charge in [-0.3, -0.25) is 4.79 Å². The molecule has 0 amide bonds. The molecule has 2 rings (SSSR count). The minimum Gasteiger partial charge on any atom is -0.480 e. The number of carbonyl (C=O) groups is 1. The molecule has 0 fully saturated rings. The fourth-order valence-corrected chi connectivity index (χ4v) is 3.59. The lowest BCUT2D eigenvalue weighted by Crippen LogP contribution is -2.23. The van der Waals surface area contributed by atoms with Crippen molar-refractivity contribution in [3.63, 3.8) is 0 Å². The van der Waals surface area contributed by atoms with Gasteiger partial charge in [0.15, 0.2) is 0 Å². The predicted molar refractivity (Wildman–Crippen MR) is 84.7 cm³/mol. The molecule has 7 heteroatoms. The van der Waals surface area contributed by atoms with E-state index in [9.17, 15) is 4.79 Å². The standard InChI is InChI=1S/C14H18N2O3S2/c1-9(2)12(14(17)18)21-8-4-6-11-15-13(16-19-11)10-5-3-7-20-10/h3,5,7,9,12H,4,6,8H2,1-2H3,(H,17,18). The summed E-state index contributed by atoms with van der Waals surface area (Å²) < 4.78 is 5.21. The summed E-state index contributed by atoms with van der Waals surface area (Å²) in [5.41, 5.74) is 0. The lowest BCUT2D eigenvalue weighted by Gasteiger charge is -2.14. The van der Waals surface area contributed by atoms with Crippen molar-refractivity contribution in [3.05, 3.63) is 23.4 Å². The van der Waals surface area contributed by atoms with Crippen LogP contribution in [0.25, 0.3) is 10.7 Å². The van der Waals surface area contributed by atoms with Gasteiger partial charge in [0.25, 0.3) is 0 Å². The molecule has 2 aromatic heterocycles. The molecule has 1 unspecified atom stereocenters. The smallest absolute Gasteiger partial charge is 0.316 e. The van der Waals surface area contributed by atoms with Crippen molar-refractivity contribution in [1.29, 1.82) is 0 Å². The molecule has 0 saturated carbocycles. The second kappa shape index (κ2) is 7.61. The summed E-state index contributed by atoms with van der Waals surface area (Å²) in [5, 5.41) is 14.7. The Bertz CT molecular complexity index is 567. The third-order valence-corrected chi connectivity index (χ3v) is 5.39. The van der Waals surface area contributed by atoms with Gasteiger partial charge < -0.3 is 9.63 Å². The molecule has 21 heavy (non-hydrogen) atoms. The summed E-state index contributed by atoms with van der Waals surface area (Å²) >= 11 is 3.05. The number of aromatic nitrogens is 2. The molecule has 0 radical (unpaired) electrons. The predicted octanol–water partition coefficient (Wildman–Crippen LogP) is 3.57. The molecule has 0 bridgehead atoms. The van der Waals surface area contributed by atoms with Crippen LogP contribution in [0.3, 0.4) is 0 Å². The van der Waals surface area contributed by atoms with E-state index in [4.69, 9.17) is 9.63 Å². The molecule has 0 aliphatic rings. The van der Waals surface area contributed by atoms with Gasteiger partial charge in [0, 0.05) is 6.42 Å². The molecule has 2 aromatic rings. The van der Waals surface area contributed by atoms with Crippen molar-refractivity contribution < 1.29 is 14.4 Å². The van der Waals surface area contributed by atoms with Gasteiger partial charge >= 0.3 is 5.97 Å². The minimum atomic E-state index is -0.743. The van der Waals surface area contributed by atoms with Crippen molar-refractivity contribution in [1.82, 2.24) is 10.1 Å². The molecule has 0 aliphatic carbocycles. The highest BCUT2D eigenvalue weighted by atomic mass is 32.2. The van der Waals surface area contributed by atoms with Gasteiger partial charge in [0.05, 0.1) is 4.88 Å². The average Bonchev–Trinajstić information content (AvgIpc) is 3.08. The highest BCUT2D eigenvalue weighted by Gasteiger charge is 2.21. The zero-order valence-corrected chi connectivity index (χ0v) is 13.6. The number of nitrogens with zero attached hydrogens (tertiary/aromatic N) is 2. The maximum atomic E-state index is 11.1. The number of aryl methyl sites for hydroxylation is 1. The average molecular weight is 326 g/mol. The molecule has 114 valence electrons. The first-order valence-corrected chi connectivity index (χ1v) is 8.71. The van der Waals surface area contributed by atoms with Crippen molar-refractivity contribution in [2.75, 3.05) is 5.75 Å². The first-order chi connectivity index (χ1) is 10.1. The Kier molecular flexibility index (Phi) is 5.81. The third kappa shape index (κ3) is 4.57. The van der Waals surface area contributed by atoms with Crippen LogP contribution in [0.1, 0.15) is 26.2 Å². The SMILES string of the molecule is CC(C)C(SCCCc1nc(-c2cccs2)no1)C(=O)O. The lowest BCUT2D eigenvalue weighted by molar-refractivity contribution is -0.137. The van der Waals surface area contributed by atoms with Crippen molar-refractivity contribution in [3.8, 4) is 10.7 Å². The van der Waals surface area contributed by atoms with Crippen LogP contribution >= 0.6 is 23.1 Å². The molecular formula is C14H18N2O3S2. The minimum absolute atomic E-state index is 0.126. The number of carboxylic acids is 1. The van der Waals surface area contributed by atoms with E-state index in [1.807, 2.05) is 31.4 Å². The lowest BCUT2D eigenvalue weighted by atomic mass is 10.1. The topological polar surface area (TPSA) is 76.2 Å². The van der Waals surface area contributed by atoms with Crippen LogP contribution in [-0.4, -0.2) is 32.2 Å². The van der Waals surface area contributed by atoms with E-state index >= 15 is 0 Å². The Balaban J connectivity index is 1.78. The molecular weight excluding hydrogens is 308 g/mol. The highest BCUT2D eigenvalue weighted by molar-refractivity contribution is 8.00. The summed E-state index contributed by atoms with van der Waals surface area (Å²) in [4.78, 5) is 16.4. The van der Waals surface area contributed by atoms with E-state index in [2.05, 4.69) is 10.1 Å². The van der Waals surface area contributed by atoms with Gasteiger partial charge in [-0.1, -0.05) is 25.1 Å². The van der Waals surface area contributed by atoms with E-state index in [0.717, 1.165) is 17.1 Å². The molecule has 0 spiro atoms. The summed E-state index contributed by atoms with van der Waals surface area (Å²) in [6.45, 7) is 3.86. The van der Waals surface area contributed by atoms with Crippen LogP contribution in [-0.2, 0) is 11.2 Å². The maximum absolute atomic E-state index is 11.1. The number of hydrogen-bond acceptors (Lipinski definition) is 6. The summed E-state index contributed by atoms with van der Waals surface area (Å²) in [5.74, 6) is 1.38. The van der Waals surface area contributed by atoms with E-state index in [0.29, 0.717) is 18.1 Å². The maximum Gasteiger partial charge on any atom is 0.316 e. The van der Waals surface area contributed by atoms with Gasteiger partial charge in [-0.05, 0) is 29.5 Å². The Morgan fingerprint density at radius 2 is 2.33 bits per heavy atom. The largest absolute Gasteiger partial charge is 0.480 e. The molecule has 0 saturated heterocycles. The molecule has 0 aromatic carbocycles. The Morgan fingerprint density at radius 3 is 2.95 bits per heavy atom. The van der Waals surface area contributed by atoms with Crippen LogP contribution < -0.4 is 0 Å². The normalized spacial score (nSPS) is 12.7. The van der Waals surface area contributed by atoms with Crippen LogP contribution in [0.15, 0.2) is 22.0 Å². The van der Waals surface area contributed by atoms with Crippen molar-refractivity contribution in [2.45, 2.75) is 31.9 Å². The highest BCUT2D eigenvalue weighted by Crippen LogP contribution is 2.23.